The van der Waals surface area contributed by atoms with Crippen LogP contribution in [0.4, 0.5) is 0 Å². The zero-order valence-corrected chi connectivity index (χ0v) is 17.0. The van der Waals surface area contributed by atoms with Crippen LogP contribution in [-0.4, -0.2) is 42.5 Å². The van der Waals surface area contributed by atoms with E-state index in [1.807, 2.05) is 24.3 Å². The van der Waals surface area contributed by atoms with Gasteiger partial charge in [0.25, 0.3) is 0 Å². The van der Waals surface area contributed by atoms with Crippen LogP contribution in [0.1, 0.15) is 58.2 Å². The average molecular weight is 363 g/mol. The number of hydrogen-bond donors (Lipinski definition) is 3. The number of carboxylic acids is 1. The molecule has 0 aromatic heterocycles. The van der Waals surface area contributed by atoms with E-state index in [1.54, 1.807) is 0 Å². The Kier molecular flexibility index (Phi) is 7.42. The second kappa shape index (κ2) is 8.69. The van der Waals surface area contributed by atoms with E-state index < -0.39 is 12.0 Å². The summed E-state index contributed by atoms with van der Waals surface area (Å²) in [5.41, 5.74) is 2.43. The number of ether oxygens (including phenoxy) is 1. The minimum Gasteiger partial charge on any atom is -0.507 e. The molecule has 3 N–H and O–H groups in total. The first-order valence-electron chi connectivity index (χ1n) is 8.87. The predicted octanol–water partition coefficient (Wildman–Crippen LogP) is 3.69. The van der Waals surface area contributed by atoms with E-state index in [0.29, 0.717) is 12.3 Å². The second-order valence-corrected chi connectivity index (χ2v) is 8.62. The monoisotopic (exact) mass is 363 g/mol. The van der Waals surface area contributed by atoms with Crippen molar-refractivity contribution in [3.05, 3.63) is 34.9 Å². The van der Waals surface area contributed by atoms with Gasteiger partial charge in [-0.1, -0.05) is 53.7 Å². The van der Waals surface area contributed by atoms with Crippen LogP contribution < -0.4 is 5.32 Å². The summed E-state index contributed by atoms with van der Waals surface area (Å²) in [6.07, 6.45) is 3.83. The number of hydrogen-bond acceptors (Lipinski definition) is 4. The van der Waals surface area contributed by atoms with Crippen molar-refractivity contribution in [3.63, 3.8) is 0 Å². The Hall–Kier alpha value is -1.85. The van der Waals surface area contributed by atoms with Crippen LogP contribution in [-0.2, 0) is 20.4 Å². The maximum Gasteiger partial charge on any atom is 0.323 e. The highest BCUT2D eigenvalue weighted by molar-refractivity contribution is 5.73. The first-order chi connectivity index (χ1) is 11.9. The summed E-state index contributed by atoms with van der Waals surface area (Å²) < 4.78 is 4.90. The van der Waals surface area contributed by atoms with Crippen LogP contribution in [0.3, 0.4) is 0 Å². The van der Waals surface area contributed by atoms with Gasteiger partial charge in [-0.05, 0) is 28.5 Å². The lowest BCUT2D eigenvalue weighted by Gasteiger charge is -2.27. The molecule has 1 aromatic carbocycles. The largest absolute Gasteiger partial charge is 0.507 e. The summed E-state index contributed by atoms with van der Waals surface area (Å²) in [5.74, 6) is -0.582. The lowest BCUT2D eigenvalue weighted by atomic mass is 9.78. The van der Waals surface area contributed by atoms with Crippen molar-refractivity contribution in [3.8, 4) is 5.75 Å². The second-order valence-electron chi connectivity index (χ2n) is 8.62. The molecule has 5 heteroatoms. The van der Waals surface area contributed by atoms with Crippen molar-refractivity contribution >= 4 is 12.0 Å². The highest BCUT2D eigenvalue weighted by atomic mass is 16.5. The summed E-state index contributed by atoms with van der Waals surface area (Å²) in [6.45, 7) is 13.0. The molecule has 0 aliphatic carbocycles. The lowest BCUT2D eigenvalue weighted by Crippen LogP contribution is -2.40. The van der Waals surface area contributed by atoms with Crippen LogP contribution >= 0.6 is 0 Å². The highest BCUT2D eigenvalue weighted by Gasteiger charge is 2.26. The highest BCUT2D eigenvalue weighted by Crippen LogP contribution is 2.39. The molecule has 0 amide bonds. The Labute approximate surface area is 157 Å². The molecule has 1 rings (SSSR count). The molecule has 0 aliphatic rings. The van der Waals surface area contributed by atoms with Gasteiger partial charge in [-0.15, -0.1) is 0 Å². The molecule has 0 saturated heterocycles. The van der Waals surface area contributed by atoms with E-state index in [1.165, 1.54) is 7.11 Å². The zero-order chi connectivity index (χ0) is 20.1. The first-order valence-corrected chi connectivity index (χ1v) is 8.87. The van der Waals surface area contributed by atoms with E-state index in [0.717, 1.165) is 16.7 Å². The third-order valence-electron chi connectivity index (χ3n) is 4.17. The molecular formula is C21H33NO4. The van der Waals surface area contributed by atoms with Gasteiger partial charge in [0.05, 0.1) is 6.61 Å². The molecule has 0 saturated carbocycles. The molecule has 146 valence electrons. The van der Waals surface area contributed by atoms with Crippen molar-refractivity contribution in [2.75, 3.05) is 20.3 Å². The SMILES string of the molecule is COC[C@H](NCC=Cc1cc(C(C)(C)C)c(O)c(C(C)(C)C)c1)C(=O)O. The Morgan fingerprint density at radius 3 is 2.04 bits per heavy atom. The molecular weight excluding hydrogens is 330 g/mol. The Balaban J connectivity index is 3.07. The summed E-state index contributed by atoms with van der Waals surface area (Å²) in [4.78, 5) is 11.1. The molecule has 0 bridgehead atoms. The maximum absolute atomic E-state index is 11.1. The van der Waals surface area contributed by atoms with Crippen molar-refractivity contribution in [2.24, 2.45) is 0 Å². The number of aliphatic carboxylic acids is 1. The number of rotatable bonds is 7. The third kappa shape index (κ3) is 6.15. The van der Waals surface area contributed by atoms with Crippen molar-refractivity contribution in [1.82, 2.24) is 5.32 Å². The standard InChI is InChI=1S/C21H33NO4/c1-20(2,3)15-11-14(12-16(18(15)23)21(4,5)6)9-8-10-22-17(13-26-7)19(24)25/h8-9,11-12,17,22-23H,10,13H2,1-7H3,(H,24,25)/t17-/m0/s1. The number of nitrogens with one attached hydrogen (secondary N) is 1. The summed E-state index contributed by atoms with van der Waals surface area (Å²) in [7, 11) is 1.48. The Morgan fingerprint density at radius 1 is 1.15 bits per heavy atom. The fourth-order valence-electron chi connectivity index (χ4n) is 2.69. The lowest BCUT2D eigenvalue weighted by molar-refractivity contribution is -0.140. The Morgan fingerprint density at radius 2 is 1.65 bits per heavy atom. The average Bonchev–Trinajstić information content (AvgIpc) is 2.48. The van der Waals surface area contributed by atoms with Crippen LogP contribution in [0.25, 0.3) is 6.08 Å². The molecule has 26 heavy (non-hydrogen) atoms. The molecule has 0 fully saturated rings. The van der Waals surface area contributed by atoms with Gasteiger partial charge in [0.15, 0.2) is 0 Å². The minimum atomic E-state index is -0.935. The number of methoxy groups -OCH3 is 1. The number of carbonyl (C=O) groups is 1. The topological polar surface area (TPSA) is 78.8 Å². The van der Waals surface area contributed by atoms with Gasteiger partial charge < -0.3 is 14.9 Å². The number of phenolic OH excluding ortho intramolecular Hbond substituents is 1. The summed E-state index contributed by atoms with van der Waals surface area (Å²) in [6, 6.07) is 3.25. The number of carboxylic acid groups (broad SMARTS) is 1. The minimum absolute atomic E-state index is 0.116. The van der Waals surface area contributed by atoms with Crippen LogP contribution in [0.2, 0.25) is 0 Å². The molecule has 0 radical (unpaired) electrons. The molecule has 5 nitrogen and oxygen atoms in total. The molecule has 0 unspecified atom stereocenters. The van der Waals surface area contributed by atoms with Crippen LogP contribution in [0, 0.1) is 0 Å². The molecule has 0 aliphatic heterocycles. The summed E-state index contributed by atoms with van der Waals surface area (Å²) >= 11 is 0. The van der Waals surface area contributed by atoms with E-state index >= 15 is 0 Å². The van der Waals surface area contributed by atoms with Gasteiger partial charge in [-0.2, -0.15) is 0 Å². The smallest absolute Gasteiger partial charge is 0.323 e. The van der Waals surface area contributed by atoms with E-state index in [-0.39, 0.29) is 17.4 Å². The number of phenols is 1. The zero-order valence-electron chi connectivity index (χ0n) is 17.0. The first kappa shape index (κ1) is 22.2. The van der Waals surface area contributed by atoms with Gasteiger partial charge in [-0.25, -0.2) is 0 Å². The Bertz CT molecular complexity index is 616. The molecule has 0 heterocycles. The van der Waals surface area contributed by atoms with Crippen molar-refractivity contribution in [2.45, 2.75) is 58.4 Å². The molecule has 1 atom stereocenters. The normalized spacial score (nSPS) is 14.0. The molecule has 1 aromatic rings. The van der Waals surface area contributed by atoms with E-state index in [9.17, 15) is 9.90 Å². The fraction of sp³-hybridized carbons (Fsp3) is 0.571. The van der Waals surface area contributed by atoms with Gasteiger partial charge in [0.1, 0.15) is 11.8 Å². The summed E-state index contributed by atoms with van der Waals surface area (Å²) in [5, 5.41) is 22.8. The van der Waals surface area contributed by atoms with Gasteiger partial charge >= 0.3 is 5.97 Å². The molecule has 0 spiro atoms. The number of aromatic hydroxyl groups is 1. The van der Waals surface area contributed by atoms with E-state index in [4.69, 9.17) is 9.84 Å². The van der Waals surface area contributed by atoms with Crippen LogP contribution in [0.15, 0.2) is 18.2 Å². The van der Waals surface area contributed by atoms with Gasteiger partial charge in [0.2, 0.25) is 0 Å². The predicted molar refractivity (Wildman–Crippen MR) is 106 cm³/mol. The number of benzene rings is 1. The maximum atomic E-state index is 11.1. The van der Waals surface area contributed by atoms with Crippen LogP contribution in [0.5, 0.6) is 5.75 Å². The van der Waals surface area contributed by atoms with Crippen molar-refractivity contribution < 1.29 is 19.7 Å². The third-order valence-corrected chi connectivity index (χ3v) is 4.17. The van der Waals surface area contributed by atoms with E-state index in [2.05, 4.69) is 46.9 Å². The van der Waals surface area contributed by atoms with Gasteiger partial charge in [0, 0.05) is 24.8 Å². The fourth-order valence-corrected chi connectivity index (χ4v) is 2.69. The van der Waals surface area contributed by atoms with Crippen molar-refractivity contribution in [1.29, 1.82) is 0 Å². The quantitative estimate of drug-likeness (QED) is 0.688. The van der Waals surface area contributed by atoms with Gasteiger partial charge in [-0.3, -0.25) is 10.1 Å².